The minimum Gasteiger partial charge on any atom is -0.338 e. The van der Waals surface area contributed by atoms with Crippen molar-refractivity contribution in [3.05, 3.63) is 68.2 Å². The molecule has 2 amide bonds. The number of urea groups is 1. The van der Waals surface area contributed by atoms with Crippen molar-refractivity contribution in [3.8, 4) is 0 Å². The van der Waals surface area contributed by atoms with Crippen molar-refractivity contribution in [2.24, 2.45) is 0 Å². The Morgan fingerprint density at radius 3 is 2.65 bits per heavy atom. The Morgan fingerprint density at radius 1 is 1.17 bits per heavy atom. The second kappa shape index (κ2) is 7.80. The Hall–Kier alpha value is -2.31. The first-order valence-corrected chi connectivity index (χ1v) is 7.44. The van der Waals surface area contributed by atoms with E-state index in [0.717, 1.165) is 5.56 Å². The van der Waals surface area contributed by atoms with Gasteiger partial charge in [0.05, 0.1) is 15.6 Å². The van der Waals surface area contributed by atoms with Gasteiger partial charge in [-0.1, -0.05) is 35.3 Å². The van der Waals surface area contributed by atoms with Gasteiger partial charge in [-0.3, -0.25) is 10.1 Å². The monoisotopic (exact) mass is 353 g/mol. The van der Waals surface area contributed by atoms with E-state index in [-0.39, 0.29) is 16.4 Å². The van der Waals surface area contributed by atoms with E-state index in [1.165, 1.54) is 18.2 Å². The molecule has 0 fully saturated rings. The molecule has 0 unspecified atom stereocenters. The van der Waals surface area contributed by atoms with Crippen molar-refractivity contribution in [2.45, 2.75) is 6.42 Å². The number of benzene rings is 2. The highest BCUT2D eigenvalue weighted by molar-refractivity contribution is 6.33. The third-order valence-corrected chi connectivity index (χ3v) is 3.56. The van der Waals surface area contributed by atoms with E-state index in [1.807, 2.05) is 18.2 Å². The third-order valence-electron chi connectivity index (χ3n) is 3.00. The van der Waals surface area contributed by atoms with Gasteiger partial charge in [0.15, 0.2) is 0 Å². The number of nitro benzene ring substituents is 1. The third kappa shape index (κ3) is 5.12. The number of carbonyl (C=O) groups is 1. The second-order valence-electron chi connectivity index (χ2n) is 4.68. The van der Waals surface area contributed by atoms with Crippen molar-refractivity contribution in [3.63, 3.8) is 0 Å². The Morgan fingerprint density at radius 2 is 1.96 bits per heavy atom. The van der Waals surface area contributed by atoms with Gasteiger partial charge >= 0.3 is 6.03 Å². The van der Waals surface area contributed by atoms with Gasteiger partial charge in [-0.05, 0) is 30.2 Å². The molecular weight excluding hydrogens is 341 g/mol. The molecular formula is C15H13Cl2N3O3. The lowest BCUT2D eigenvalue weighted by molar-refractivity contribution is -0.384. The molecule has 0 saturated carbocycles. The van der Waals surface area contributed by atoms with Crippen LogP contribution in [0.4, 0.5) is 16.2 Å². The first-order chi connectivity index (χ1) is 11.0. The summed E-state index contributed by atoms with van der Waals surface area (Å²) in [7, 11) is 0. The molecule has 0 heterocycles. The van der Waals surface area contributed by atoms with E-state index in [2.05, 4.69) is 10.6 Å². The van der Waals surface area contributed by atoms with Gasteiger partial charge in [0.2, 0.25) is 0 Å². The van der Waals surface area contributed by atoms with Crippen LogP contribution >= 0.6 is 23.2 Å². The topological polar surface area (TPSA) is 84.3 Å². The van der Waals surface area contributed by atoms with E-state index >= 15 is 0 Å². The molecule has 2 aromatic rings. The fraction of sp³-hybridized carbons (Fsp3) is 0.133. The molecule has 0 saturated heterocycles. The largest absolute Gasteiger partial charge is 0.338 e. The van der Waals surface area contributed by atoms with Crippen LogP contribution in [0.3, 0.4) is 0 Å². The molecule has 8 heteroatoms. The number of rotatable bonds is 5. The molecule has 0 radical (unpaired) electrons. The molecule has 0 aliphatic heterocycles. The summed E-state index contributed by atoms with van der Waals surface area (Å²) in [5.41, 5.74) is 1.02. The summed E-state index contributed by atoms with van der Waals surface area (Å²) >= 11 is 11.8. The number of anilines is 1. The summed E-state index contributed by atoms with van der Waals surface area (Å²) in [5, 5.41) is 16.7. The van der Waals surface area contributed by atoms with Gasteiger partial charge in [0.25, 0.3) is 5.69 Å². The van der Waals surface area contributed by atoms with E-state index in [9.17, 15) is 14.9 Å². The zero-order valence-electron chi connectivity index (χ0n) is 11.9. The number of hydrogen-bond acceptors (Lipinski definition) is 3. The summed E-state index contributed by atoms with van der Waals surface area (Å²) in [6, 6.07) is 10.7. The number of nitrogens with one attached hydrogen (secondary N) is 2. The van der Waals surface area contributed by atoms with Gasteiger partial charge in [0.1, 0.15) is 0 Å². The zero-order chi connectivity index (χ0) is 16.8. The highest BCUT2D eigenvalue weighted by Crippen LogP contribution is 2.26. The molecule has 0 aromatic heterocycles. The number of non-ortho nitro benzene ring substituents is 1. The van der Waals surface area contributed by atoms with Crippen molar-refractivity contribution in [1.29, 1.82) is 0 Å². The van der Waals surface area contributed by atoms with Crippen molar-refractivity contribution < 1.29 is 9.72 Å². The van der Waals surface area contributed by atoms with E-state index in [1.54, 1.807) is 6.07 Å². The summed E-state index contributed by atoms with van der Waals surface area (Å²) in [4.78, 5) is 22.0. The van der Waals surface area contributed by atoms with Crippen LogP contribution in [0.5, 0.6) is 0 Å². The lowest BCUT2D eigenvalue weighted by Crippen LogP contribution is -2.30. The number of amides is 2. The van der Waals surface area contributed by atoms with Gasteiger partial charge in [-0.2, -0.15) is 0 Å². The summed E-state index contributed by atoms with van der Waals surface area (Å²) in [6.45, 7) is 0.388. The molecule has 2 rings (SSSR count). The fourth-order valence-electron chi connectivity index (χ4n) is 1.90. The van der Waals surface area contributed by atoms with Gasteiger partial charge < -0.3 is 10.6 Å². The van der Waals surface area contributed by atoms with Crippen LogP contribution < -0.4 is 10.6 Å². The number of hydrogen-bond donors (Lipinski definition) is 2. The highest BCUT2D eigenvalue weighted by atomic mass is 35.5. The van der Waals surface area contributed by atoms with Gasteiger partial charge in [0, 0.05) is 23.7 Å². The summed E-state index contributed by atoms with van der Waals surface area (Å²) < 4.78 is 0. The van der Waals surface area contributed by atoms with Crippen LogP contribution in [0, 0.1) is 10.1 Å². The van der Waals surface area contributed by atoms with Crippen LogP contribution in [0.15, 0.2) is 42.5 Å². The zero-order valence-corrected chi connectivity index (χ0v) is 13.4. The average molecular weight is 354 g/mol. The Balaban J connectivity index is 1.90. The molecule has 23 heavy (non-hydrogen) atoms. The van der Waals surface area contributed by atoms with Crippen LogP contribution in [0.1, 0.15) is 5.56 Å². The molecule has 0 bridgehead atoms. The van der Waals surface area contributed by atoms with Crippen LogP contribution in [-0.4, -0.2) is 17.5 Å². The summed E-state index contributed by atoms with van der Waals surface area (Å²) in [5.74, 6) is 0. The lowest BCUT2D eigenvalue weighted by Gasteiger charge is -2.09. The van der Waals surface area contributed by atoms with Crippen molar-refractivity contribution in [1.82, 2.24) is 5.32 Å². The molecule has 2 N–H and O–H groups in total. The maximum absolute atomic E-state index is 11.8. The predicted octanol–water partition coefficient (Wildman–Crippen LogP) is 4.27. The average Bonchev–Trinajstić information content (AvgIpc) is 2.49. The quantitative estimate of drug-likeness (QED) is 0.621. The molecule has 0 aliphatic carbocycles. The molecule has 0 atom stereocenters. The van der Waals surface area contributed by atoms with E-state index < -0.39 is 11.0 Å². The molecule has 2 aromatic carbocycles. The second-order valence-corrected chi connectivity index (χ2v) is 5.53. The Bertz CT molecular complexity index is 738. The standard InChI is InChI=1S/C15H13Cl2N3O3/c16-11-3-1-2-10(8-11)6-7-18-15(21)19-14-9-12(20(22)23)4-5-13(14)17/h1-5,8-9H,6-7H2,(H2,18,19,21). The van der Waals surface area contributed by atoms with Gasteiger partial charge in [-0.25, -0.2) is 4.79 Å². The highest BCUT2D eigenvalue weighted by Gasteiger charge is 2.11. The van der Waals surface area contributed by atoms with E-state index in [4.69, 9.17) is 23.2 Å². The van der Waals surface area contributed by atoms with Gasteiger partial charge in [-0.15, -0.1) is 0 Å². The SMILES string of the molecule is O=C(NCCc1cccc(Cl)c1)Nc1cc([N+](=O)[O-])ccc1Cl. The number of carbonyl (C=O) groups excluding carboxylic acids is 1. The first kappa shape index (κ1) is 17.1. The maximum atomic E-state index is 11.8. The maximum Gasteiger partial charge on any atom is 0.319 e. The van der Waals surface area contributed by atoms with Crippen LogP contribution in [0.25, 0.3) is 0 Å². The molecule has 0 aliphatic rings. The Kier molecular flexibility index (Phi) is 5.78. The van der Waals surface area contributed by atoms with E-state index in [0.29, 0.717) is 18.0 Å². The van der Waals surface area contributed by atoms with Crippen LogP contribution in [-0.2, 0) is 6.42 Å². The minimum atomic E-state index is -0.557. The lowest BCUT2D eigenvalue weighted by atomic mass is 10.1. The minimum absolute atomic E-state index is 0.149. The summed E-state index contributed by atoms with van der Waals surface area (Å²) in [6.07, 6.45) is 0.608. The van der Waals surface area contributed by atoms with Crippen molar-refractivity contribution >= 4 is 40.6 Å². The molecule has 0 spiro atoms. The smallest absolute Gasteiger partial charge is 0.319 e. The fourth-order valence-corrected chi connectivity index (χ4v) is 2.28. The predicted molar refractivity (Wildman–Crippen MR) is 90.3 cm³/mol. The van der Waals surface area contributed by atoms with Crippen molar-refractivity contribution in [2.75, 3.05) is 11.9 Å². The normalized spacial score (nSPS) is 10.2. The molecule has 120 valence electrons. The Labute approximate surface area is 142 Å². The number of nitro groups is 1. The molecule has 6 nitrogen and oxygen atoms in total. The van der Waals surface area contributed by atoms with Crippen LogP contribution in [0.2, 0.25) is 10.0 Å². The number of nitrogens with zero attached hydrogens (tertiary/aromatic N) is 1. The first-order valence-electron chi connectivity index (χ1n) is 6.69. The number of halogens is 2.